The Morgan fingerprint density at radius 3 is 2.67 bits per heavy atom. The molecule has 1 atom stereocenters. The van der Waals surface area contributed by atoms with Crippen LogP contribution in [0.25, 0.3) is 5.69 Å². The van der Waals surface area contributed by atoms with Crippen LogP contribution in [-0.4, -0.2) is 58.3 Å². The Bertz CT molecular complexity index is 588. The fraction of sp³-hybridized carbons (Fsp3) is 0.533. The van der Waals surface area contributed by atoms with Crippen LogP contribution in [-0.2, 0) is 0 Å². The summed E-state index contributed by atoms with van der Waals surface area (Å²) in [5, 5.41) is 12.3. The summed E-state index contributed by atoms with van der Waals surface area (Å²) in [5.41, 5.74) is 2.24. The van der Waals surface area contributed by atoms with Crippen LogP contribution in [0.15, 0.2) is 24.3 Å². The number of aromatic nitrogens is 4. The minimum atomic E-state index is 0.557. The van der Waals surface area contributed by atoms with Crippen LogP contribution in [0.1, 0.15) is 18.4 Å². The fourth-order valence-electron chi connectivity index (χ4n) is 2.79. The Balaban J connectivity index is 1.86. The van der Waals surface area contributed by atoms with Gasteiger partial charge in [-0.3, -0.25) is 0 Å². The van der Waals surface area contributed by atoms with Crippen molar-refractivity contribution in [3.05, 3.63) is 29.8 Å². The second-order valence-corrected chi connectivity index (χ2v) is 5.93. The standard InChI is InChI=1S/C15H22N6/c1-12-6-8-13(9-7-12)21-15(16-17-18-21)20-10-4-5-14(11-20)19(2)3/h6-9,14H,4-5,10-11H2,1-3H3/t14-/m1/s1. The zero-order valence-electron chi connectivity index (χ0n) is 12.9. The maximum atomic E-state index is 4.24. The van der Waals surface area contributed by atoms with Crippen molar-refractivity contribution in [2.75, 3.05) is 32.1 Å². The Morgan fingerprint density at radius 2 is 1.95 bits per heavy atom. The number of anilines is 1. The van der Waals surface area contributed by atoms with Crippen LogP contribution < -0.4 is 4.90 Å². The highest BCUT2D eigenvalue weighted by Gasteiger charge is 2.25. The molecule has 0 spiro atoms. The Morgan fingerprint density at radius 1 is 1.19 bits per heavy atom. The van der Waals surface area contributed by atoms with Gasteiger partial charge in [-0.2, -0.15) is 4.68 Å². The summed E-state index contributed by atoms with van der Waals surface area (Å²) in [4.78, 5) is 4.57. The maximum Gasteiger partial charge on any atom is 0.250 e. The Hall–Kier alpha value is -1.95. The van der Waals surface area contributed by atoms with E-state index in [1.807, 2.05) is 4.68 Å². The van der Waals surface area contributed by atoms with E-state index in [1.54, 1.807) is 0 Å². The van der Waals surface area contributed by atoms with E-state index in [4.69, 9.17) is 0 Å². The van der Waals surface area contributed by atoms with Gasteiger partial charge in [0.05, 0.1) is 5.69 Å². The largest absolute Gasteiger partial charge is 0.338 e. The third kappa shape index (κ3) is 2.90. The van der Waals surface area contributed by atoms with Gasteiger partial charge in [0.15, 0.2) is 0 Å². The second kappa shape index (κ2) is 5.81. The summed E-state index contributed by atoms with van der Waals surface area (Å²) in [6, 6.07) is 8.84. The first-order valence-corrected chi connectivity index (χ1v) is 7.42. The second-order valence-electron chi connectivity index (χ2n) is 5.93. The van der Waals surface area contributed by atoms with Gasteiger partial charge in [-0.25, -0.2) is 0 Å². The number of piperidine rings is 1. The molecule has 2 aromatic rings. The number of benzene rings is 1. The quantitative estimate of drug-likeness (QED) is 0.856. The summed E-state index contributed by atoms with van der Waals surface area (Å²) in [7, 11) is 4.27. The molecule has 1 fully saturated rings. The van der Waals surface area contributed by atoms with E-state index in [9.17, 15) is 0 Å². The molecular weight excluding hydrogens is 264 g/mol. The molecule has 0 unspecified atom stereocenters. The van der Waals surface area contributed by atoms with Crippen LogP contribution in [0.5, 0.6) is 0 Å². The van der Waals surface area contributed by atoms with Crippen molar-refractivity contribution >= 4 is 5.95 Å². The molecular formula is C15H22N6. The highest BCUT2D eigenvalue weighted by atomic mass is 15.6. The van der Waals surface area contributed by atoms with Gasteiger partial charge in [0.1, 0.15) is 0 Å². The molecule has 1 aliphatic heterocycles. The lowest BCUT2D eigenvalue weighted by atomic mass is 10.1. The number of nitrogens with zero attached hydrogens (tertiary/aromatic N) is 6. The molecule has 6 heteroatoms. The smallest absolute Gasteiger partial charge is 0.250 e. The van der Waals surface area contributed by atoms with E-state index in [0.29, 0.717) is 6.04 Å². The molecule has 6 nitrogen and oxygen atoms in total. The third-order valence-electron chi connectivity index (χ3n) is 4.14. The summed E-state index contributed by atoms with van der Waals surface area (Å²) in [6.07, 6.45) is 2.40. The Labute approximate surface area is 125 Å². The lowest BCUT2D eigenvalue weighted by Gasteiger charge is -2.36. The van der Waals surface area contributed by atoms with Crippen molar-refractivity contribution < 1.29 is 0 Å². The molecule has 0 saturated carbocycles. The monoisotopic (exact) mass is 286 g/mol. The van der Waals surface area contributed by atoms with Gasteiger partial charge in [0, 0.05) is 19.1 Å². The lowest BCUT2D eigenvalue weighted by molar-refractivity contribution is 0.256. The van der Waals surface area contributed by atoms with Gasteiger partial charge in [-0.05, 0) is 56.4 Å². The highest BCUT2D eigenvalue weighted by Crippen LogP contribution is 2.21. The zero-order chi connectivity index (χ0) is 14.8. The molecule has 0 aliphatic carbocycles. The first-order valence-electron chi connectivity index (χ1n) is 7.42. The van der Waals surface area contributed by atoms with E-state index >= 15 is 0 Å². The van der Waals surface area contributed by atoms with E-state index in [1.165, 1.54) is 18.4 Å². The molecule has 3 rings (SSSR count). The summed E-state index contributed by atoms with van der Waals surface area (Å²) in [5.74, 6) is 0.838. The van der Waals surface area contributed by atoms with Gasteiger partial charge in [-0.15, -0.1) is 0 Å². The summed E-state index contributed by atoms with van der Waals surface area (Å²) >= 11 is 0. The van der Waals surface area contributed by atoms with Crippen molar-refractivity contribution in [2.45, 2.75) is 25.8 Å². The van der Waals surface area contributed by atoms with Crippen LogP contribution in [0.4, 0.5) is 5.95 Å². The van der Waals surface area contributed by atoms with E-state index in [2.05, 4.69) is 70.6 Å². The van der Waals surface area contributed by atoms with Crippen LogP contribution >= 0.6 is 0 Å². The molecule has 0 radical (unpaired) electrons. The third-order valence-corrected chi connectivity index (χ3v) is 4.14. The molecule has 0 N–H and O–H groups in total. The number of aryl methyl sites for hydroxylation is 1. The van der Waals surface area contributed by atoms with E-state index < -0.39 is 0 Å². The van der Waals surface area contributed by atoms with Crippen molar-refractivity contribution in [1.82, 2.24) is 25.1 Å². The number of hydrogen-bond acceptors (Lipinski definition) is 5. The predicted octanol–water partition coefficient (Wildman–Crippen LogP) is 1.50. The minimum Gasteiger partial charge on any atom is -0.338 e. The number of rotatable bonds is 3. The van der Waals surface area contributed by atoms with Crippen LogP contribution in [0.3, 0.4) is 0 Å². The van der Waals surface area contributed by atoms with Gasteiger partial charge in [-0.1, -0.05) is 22.8 Å². The van der Waals surface area contributed by atoms with Gasteiger partial charge in [0.2, 0.25) is 5.95 Å². The molecule has 0 bridgehead atoms. The Kier molecular flexibility index (Phi) is 3.88. The van der Waals surface area contributed by atoms with Crippen molar-refractivity contribution in [1.29, 1.82) is 0 Å². The molecule has 1 aromatic carbocycles. The predicted molar refractivity (Wildman–Crippen MR) is 82.8 cm³/mol. The molecule has 1 aromatic heterocycles. The molecule has 21 heavy (non-hydrogen) atoms. The molecule has 0 amide bonds. The van der Waals surface area contributed by atoms with Crippen molar-refractivity contribution in [2.24, 2.45) is 0 Å². The minimum absolute atomic E-state index is 0.557. The summed E-state index contributed by atoms with van der Waals surface area (Å²) in [6.45, 7) is 4.06. The zero-order valence-corrected chi connectivity index (χ0v) is 12.9. The normalized spacial score (nSPS) is 19.2. The average molecular weight is 286 g/mol. The molecule has 1 aliphatic rings. The van der Waals surface area contributed by atoms with Crippen molar-refractivity contribution in [3.63, 3.8) is 0 Å². The number of hydrogen-bond donors (Lipinski definition) is 0. The number of likely N-dealkylation sites (N-methyl/N-ethyl adjacent to an activating group) is 1. The van der Waals surface area contributed by atoms with E-state index in [0.717, 1.165) is 24.7 Å². The van der Waals surface area contributed by atoms with Gasteiger partial charge in [0.25, 0.3) is 0 Å². The molecule has 112 valence electrons. The average Bonchev–Trinajstić information content (AvgIpc) is 2.97. The SMILES string of the molecule is Cc1ccc(-n2nnnc2N2CCC[C@@H](N(C)C)C2)cc1. The topological polar surface area (TPSA) is 50.1 Å². The van der Waals surface area contributed by atoms with Gasteiger partial charge >= 0.3 is 0 Å². The van der Waals surface area contributed by atoms with Crippen LogP contribution in [0.2, 0.25) is 0 Å². The summed E-state index contributed by atoms with van der Waals surface area (Å²) < 4.78 is 1.83. The van der Waals surface area contributed by atoms with Gasteiger partial charge < -0.3 is 9.80 Å². The first-order chi connectivity index (χ1) is 10.1. The van der Waals surface area contributed by atoms with Crippen LogP contribution in [0, 0.1) is 6.92 Å². The van der Waals surface area contributed by atoms with E-state index in [-0.39, 0.29) is 0 Å². The number of tetrazole rings is 1. The molecule has 2 heterocycles. The fourth-order valence-corrected chi connectivity index (χ4v) is 2.79. The van der Waals surface area contributed by atoms with Crippen molar-refractivity contribution in [3.8, 4) is 5.69 Å². The molecule has 1 saturated heterocycles. The first kappa shape index (κ1) is 14.0. The maximum absolute atomic E-state index is 4.24. The highest BCUT2D eigenvalue weighted by molar-refractivity contribution is 5.42. The lowest BCUT2D eigenvalue weighted by Crippen LogP contribution is -2.46.